The summed E-state index contributed by atoms with van der Waals surface area (Å²) in [6.45, 7) is 1.52. The molecule has 0 radical (unpaired) electrons. The van der Waals surface area contributed by atoms with Crippen LogP contribution in [0.2, 0.25) is 10.0 Å². The fourth-order valence-corrected chi connectivity index (χ4v) is 3.38. The average Bonchev–Trinajstić information content (AvgIpc) is 2.54. The molecule has 0 spiro atoms. The van der Waals surface area contributed by atoms with Gasteiger partial charge in [0.15, 0.2) is 6.10 Å². The fourth-order valence-electron chi connectivity index (χ4n) is 3.08. The van der Waals surface area contributed by atoms with Crippen LogP contribution in [0.5, 0.6) is 0 Å². The molecule has 0 bridgehead atoms. The van der Waals surface area contributed by atoms with E-state index in [1.807, 2.05) is 12.1 Å². The standard InChI is InChI=1S/C16H21Cl2F3N2O/c17-12-3-2-11(8-13(12)18)15(4-1-6-23-10-15)5-7-22-9-14(24)16(19,20)21/h2-3,8,14,22-24H,1,4-7,9-10H2/t14?,15-/m1/s1. The Morgan fingerprint density at radius 3 is 2.62 bits per heavy atom. The highest BCUT2D eigenvalue weighted by atomic mass is 35.5. The van der Waals surface area contributed by atoms with Gasteiger partial charge >= 0.3 is 6.18 Å². The summed E-state index contributed by atoms with van der Waals surface area (Å²) >= 11 is 12.1. The SMILES string of the molecule is OC(CNCC[C@]1(c2ccc(Cl)c(Cl)c2)CCCNC1)C(F)(F)F. The van der Waals surface area contributed by atoms with Crippen LogP contribution in [0.4, 0.5) is 13.2 Å². The van der Waals surface area contributed by atoms with Crippen LogP contribution >= 0.6 is 23.2 Å². The third-order valence-corrected chi connectivity index (χ3v) is 5.24. The van der Waals surface area contributed by atoms with Crippen molar-refractivity contribution < 1.29 is 18.3 Å². The number of halogens is 5. The lowest BCUT2D eigenvalue weighted by Gasteiger charge is -2.39. The number of alkyl halides is 3. The van der Waals surface area contributed by atoms with Gasteiger partial charge < -0.3 is 15.7 Å². The number of aliphatic hydroxyl groups is 1. The Bertz CT molecular complexity index is 549. The van der Waals surface area contributed by atoms with Crippen LogP contribution in [0.15, 0.2) is 18.2 Å². The van der Waals surface area contributed by atoms with Crippen molar-refractivity contribution in [1.82, 2.24) is 10.6 Å². The quantitative estimate of drug-likeness (QED) is 0.657. The van der Waals surface area contributed by atoms with E-state index in [1.165, 1.54) is 0 Å². The van der Waals surface area contributed by atoms with E-state index in [0.29, 0.717) is 23.0 Å². The van der Waals surface area contributed by atoms with Crippen LogP contribution in [0.1, 0.15) is 24.8 Å². The number of aliphatic hydroxyl groups excluding tert-OH is 1. The molecule has 1 saturated heterocycles. The molecule has 0 aromatic heterocycles. The van der Waals surface area contributed by atoms with Crippen molar-refractivity contribution in [2.45, 2.75) is 37.0 Å². The fraction of sp³-hybridized carbons (Fsp3) is 0.625. The van der Waals surface area contributed by atoms with Gasteiger partial charge in [0.1, 0.15) is 0 Å². The number of rotatable bonds is 6. The number of benzene rings is 1. The van der Waals surface area contributed by atoms with E-state index in [1.54, 1.807) is 6.07 Å². The van der Waals surface area contributed by atoms with Crippen molar-refractivity contribution in [2.75, 3.05) is 26.2 Å². The van der Waals surface area contributed by atoms with E-state index in [2.05, 4.69) is 10.6 Å². The summed E-state index contributed by atoms with van der Waals surface area (Å²) in [6, 6.07) is 5.50. The summed E-state index contributed by atoms with van der Waals surface area (Å²) in [5.74, 6) is 0. The number of nitrogens with one attached hydrogen (secondary N) is 2. The molecular formula is C16H21Cl2F3N2O. The second-order valence-corrected chi connectivity index (χ2v) is 7.02. The van der Waals surface area contributed by atoms with Gasteiger partial charge in [-0.2, -0.15) is 13.2 Å². The summed E-state index contributed by atoms with van der Waals surface area (Å²) in [4.78, 5) is 0. The Balaban J connectivity index is 2.02. The molecule has 1 aliphatic heterocycles. The van der Waals surface area contributed by atoms with E-state index in [9.17, 15) is 13.2 Å². The highest BCUT2D eigenvalue weighted by Gasteiger charge is 2.38. The van der Waals surface area contributed by atoms with Gasteiger partial charge in [-0.15, -0.1) is 0 Å². The predicted octanol–water partition coefficient (Wildman–Crippen LogP) is 3.52. The van der Waals surface area contributed by atoms with Crippen LogP contribution in [0, 0.1) is 0 Å². The van der Waals surface area contributed by atoms with Gasteiger partial charge in [-0.25, -0.2) is 0 Å². The van der Waals surface area contributed by atoms with Gasteiger partial charge in [-0.05, 0) is 50.0 Å². The first-order chi connectivity index (χ1) is 11.2. The van der Waals surface area contributed by atoms with Gasteiger partial charge in [0, 0.05) is 18.5 Å². The minimum Gasteiger partial charge on any atom is -0.382 e. The van der Waals surface area contributed by atoms with Crippen LogP contribution in [-0.4, -0.2) is 43.6 Å². The van der Waals surface area contributed by atoms with E-state index in [-0.39, 0.29) is 5.41 Å². The smallest absolute Gasteiger partial charge is 0.382 e. The van der Waals surface area contributed by atoms with Gasteiger partial charge in [-0.3, -0.25) is 0 Å². The topological polar surface area (TPSA) is 44.3 Å². The molecule has 24 heavy (non-hydrogen) atoms. The third kappa shape index (κ3) is 4.99. The number of hydrogen-bond donors (Lipinski definition) is 3. The maximum Gasteiger partial charge on any atom is 0.415 e. The second kappa shape index (κ2) is 8.23. The zero-order valence-electron chi connectivity index (χ0n) is 13.1. The zero-order valence-corrected chi connectivity index (χ0v) is 14.6. The third-order valence-electron chi connectivity index (χ3n) is 4.50. The maximum absolute atomic E-state index is 12.3. The van der Waals surface area contributed by atoms with Crippen LogP contribution in [0.3, 0.4) is 0 Å². The molecule has 0 saturated carbocycles. The Morgan fingerprint density at radius 2 is 2.04 bits per heavy atom. The Labute approximate surface area is 149 Å². The Kier molecular flexibility index (Phi) is 6.79. The zero-order chi connectivity index (χ0) is 17.8. The molecule has 136 valence electrons. The van der Waals surface area contributed by atoms with E-state index < -0.39 is 18.8 Å². The first-order valence-electron chi connectivity index (χ1n) is 7.86. The molecule has 1 fully saturated rings. The molecule has 2 atom stereocenters. The summed E-state index contributed by atoms with van der Waals surface area (Å²) < 4.78 is 37.0. The normalized spacial score (nSPS) is 23.2. The van der Waals surface area contributed by atoms with Crippen molar-refractivity contribution >= 4 is 23.2 Å². The summed E-state index contributed by atoms with van der Waals surface area (Å²) in [5.41, 5.74) is 0.824. The summed E-state index contributed by atoms with van der Waals surface area (Å²) in [6.07, 6.45) is -4.40. The second-order valence-electron chi connectivity index (χ2n) is 6.20. The Morgan fingerprint density at radius 1 is 1.29 bits per heavy atom. The van der Waals surface area contributed by atoms with E-state index in [4.69, 9.17) is 28.3 Å². The highest BCUT2D eigenvalue weighted by Crippen LogP contribution is 2.37. The Hall–Kier alpha value is -0.530. The van der Waals surface area contributed by atoms with E-state index >= 15 is 0 Å². The first-order valence-corrected chi connectivity index (χ1v) is 8.62. The van der Waals surface area contributed by atoms with Crippen molar-refractivity contribution in [3.8, 4) is 0 Å². The number of piperidine rings is 1. The molecule has 3 nitrogen and oxygen atoms in total. The first kappa shape index (κ1) is 19.8. The van der Waals surface area contributed by atoms with Crippen molar-refractivity contribution in [2.24, 2.45) is 0 Å². The lowest BCUT2D eigenvalue weighted by atomic mass is 9.72. The molecule has 1 aromatic rings. The summed E-state index contributed by atoms with van der Waals surface area (Å²) in [5, 5.41) is 16.0. The molecule has 0 aliphatic carbocycles. The van der Waals surface area contributed by atoms with Crippen molar-refractivity contribution in [3.05, 3.63) is 33.8 Å². The lowest BCUT2D eigenvalue weighted by Crippen LogP contribution is -2.46. The average molecular weight is 385 g/mol. The van der Waals surface area contributed by atoms with Crippen molar-refractivity contribution in [3.63, 3.8) is 0 Å². The van der Waals surface area contributed by atoms with Crippen LogP contribution in [0.25, 0.3) is 0 Å². The molecule has 8 heteroatoms. The lowest BCUT2D eigenvalue weighted by molar-refractivity contribution is -0.201. The van der Waals surface area contributed by atoms with Gasteiger partial charge in [0.2, 0.25) is 0 Å². The molecule has 1 unspecified atom stereocenters. The minimum absolute atomic E-state index is 0.206. The monoisotopic (exact) mass is 384 g/mol. The van der Waals surface area contributed by atoms with Crippen LogP contribution in [-0.2, 0) is 5.41 Å². The van der Waals surface area contributed by atoms with Gasteiger partial charge in [0.05, 0.1) is 10.0 Å². The van der Waals surface area contributed by atoms with E-state index in [0.717, 1.165) is 31.5 Å². The maximum atomic E-state index is 12.3. The highest BCUT2D eigenvalue weighted by molar-refractivity contribution is 6.42. The molecule has 1 heterocycles. The molecule has 1 aliphatic rings. The molecular weight excluding hydrogens is 364 g/mol. The van der Waals surface area contributed by atoms with Gasteiger partial charge in [0.25, 0.3) is 0 Å². The molecule has 0 amide bonds. The molecule has 1 aromatic carbocycles. The molecule has 3 N–H and O–H groups in total. The predicted molar refractivity (Wildman–Crippen MR) is 89.8 cm³/mol. The largest absolute Gasteiger partial charge is 0.415 e. The molecule has 2 rings (SSSR count). The van der Waals surface area contributed by atoms with Gasteiger partial charge in [-0.1, -0.05) is 29.3 Å². The van der Waals surface area contributed by atoms with Crippen LogP contribution < -0.4 is 10.6 Å². The number of hydrogen-bond acceptors (Lipinski definition) is 3. The van der Waals surface area contributed by atoms with Crippen molar-refractivity contribution in [1.29, 1.82) is 0 Å². The minimum atomic E-state index is -4.60. The summed E-state index contributed by atoms with van der Waals surface area (Å²) in [7, 11) is 0.